The summed E-state index contributed by atoms with van der Waals surface area (Å²) in [4.78, 5) is 51.5. The highest BCUT2D eigenvalue weighted by Crippen LogP contribution is 2.26. The predicted molar refractivity (Wildman–Crippen MR) is 96.4 cm³/mol. The largest absolute Gasteiger partial charge is 0.468 e. The number of aromatic amines is 1. The number of hydrogen-bond donors (Lipinski definition) is 2. The Morgan fingerprint density at radius 1 is 1.07 bits per heavy atom. The van der Waals surface area contributed by atoms with E-state index in [0.29, 0.717) is 10.9 Å². The molecule has 0 saturated heterocycles. The van der Waals surface area contributed by atoms with Crippen LogP contribution in [0.4, 0.5) is 0 Å². The first-order chi connectivity index (χ1) is 13.0. The zero-order chi connectivity index (χ0) is 19.6. The van der Waals surface area contributed by atoms with E-state index in [4.69, 9.17) is 0 Å². The number of ether oxygens (including phenoxy) is 2. The van der Waals surface area contributed by atoms with E-state index in [-0.39, 0.29) is 18.7 Å². The molecule has 140 valence electrons. The Morgan fingerprint density at radius 3 is 2.48 bits per heavy atom. The van der Waals surface area contributed by atoms with E-state index in [0.717, 1.165) is 15.5 Å². The van der Waals surface area contributed by atoms with Crippen molar-refractivity contribution < 1.29 is 23.9 Å². The molecule has 0 aliphatic heterocycles. The summed E-state index contributed by atoms with van der Waals surface area (Å²) in [6.45, 7) is -0.732. The third kappa shape index (κ3) is 3.39. The molecule has 0 atom stereocenters. The molecule has 0 radical (unpaired) electrons. The lowest BCUT2D eigenvalue weighted by atomic mass is 10.1. The number of rotatable bonds is 5. The second kappa shape index (κ2) is 7.32. The zero-order valence-corrected chi connectivity index (χ0v) is 14.7. The van der Waals surface area contributed by atoms with Gasteiger partial charge in [-0.3, -0.25) is 19.2 Å². The number of nitrogens with one attached hydrogen (secondary N) is 2. The quantitative estimate of drug-likeness (QED) is 0.633. The van der Waals surface area contributed by atoms with Gasteiger partial charge >= 0.3 is 11.9 Å². The molecule has 1 amide bonds. The van der Waals surface area contributed by atoms with Crippen molar-refractivity contribution in [1.29, 1.82) is 0 Å². The van der Waals surface area contributed by atoms with E-state index in [1.54, 1.807) is 6.07 Å². The average Bonchev–Trinajstić information content (AvgIpc) is 3.04. The van der Waals surface area contributed by atoms with Gasteiger partial charge < -0.3 is 24.3 Å². The number of carbonyl (C=O) groups excluding carboxylic acids is 3. The molecule has 2 aromatic heterocycles. The number of fused-ring (bicyclic) bond motifs is 3. The molecular weight excluding hydrogens is 354 g/mol. The number of pyridine rings is 1. The van der Waals surface area contributed by atoms with Gasteiger partial charge in [0.1, 0.15) is 18.7 Å². The lowest BCUT2D eigenvalue weighted by Gasteiger charge is -2.09. The summed E-state index contributed by atoms with van der Waals surface area (Å²) in [5, 5.41) is 3.74. The van der Waals surface area contributed by atoms with Crippen molar-refractivity contribution in [2.24, 2.45) is 0 Å². The molecule has 2 N–H and O–H groups in total. The van der Waals surface area contributed by atoms with Crippen LogP contribution >= 0.6 is 0 Å². The molecule has 9 heteroatoms. The van der Waals surface area contributed by atoms with E-state index in [1.807, 2.05) is 18.2 Å². The maximum Gasteiger partial charge on any atom is 0.325 e. The van der Waals surface area contributed by atoms with Crippen molar-refractivity contribution in [3.05, 3.63) is 46.4 Å². The summed E-state index contributed by atoms with van der Waals surface area (Å²) in [6, 6.07) is 7.27. The minimum Gasteiger partial charge on any atom is -0.468 e. The summed E-state index contributed by atoms with van der Waals surface area (Å²) in [7, 11) is 2.40. The van der Waals surface area contributed by atoms with Gasteiger partial charge in [0, 0.05) is 22.5 Å². The Morgan fingerprint density at radius 2 is 1.78 bits per heavy atom. The summed E-state index contributed by atoms with van der Waals surface area (Å²) < 4.78 is 10.2. The Hall–Kier alpha value is -3.62. The molecule has 0 bridgehead atoms. The zero-order valence-electron chi connectivity index (χ0n) is 14.7. The van der Waals surface area contributed by atoms with Crippen LogP contribution in [0.2, 0.25) is 0 Å². The molecule has 3 aromatic rings. The van der Waals surface area contributed by atoms with E-state index in [1.165, 1.54) is 20.4 Å². The Kier molecular flexibility index (Phi) is 4.93. The lowest BCUT2D eigenvalue weighted by Crippen LogP contribution is -2.37. The van der Waals surface area contributed by atoms with Gasteiger partial charge in [-0.1, -0.05) is 18.2 Å². The lowest BCUT2D eigenvalue weighted by molar-refractivity contribution is -0.141. The average molecular weight is 371 g/mol. The second-order valence-electron chi connectivity index (χ2n) is 5.73. The molecule has 0 unspecified atom stereocenters. The maximum absolute atomic E-state index is 12.8. The highest BCUT2D eigenvalue weighted by Gasteiger charge is 2.22. The highest BCUT2D eigenvalue weighted by molar-refractivity contribution is 6.14. The fraction of sp³-hybridized carbons (Fsp3) is 0.222. The van der Waals surface area contributed by atoms with Crippen LogP contribution in [0, 0.1) is 0 Å². The smallest absolute Gasteiger partial charge is 0.325 e. The molecule has 2 heterocycles. The fourth-order valence-electron chi connectivity index (χ4n) is 2.80. The van der Waals surface area contributed by atoms with Gasteiger partial charge in [-0.05, 0) is 6.07 Å². The molecule has 9 nitrogen and oxygen atoms in total. The number of esters is 2. The molecule has 0 saturated carbocycles. The maximum atomic E-state index is 12.8. The molecule has 0 fully saturated rings. The van der Waals surface area contributed by atoms with Crippen LogP contribution in [0.5, 0.6) is 0 Å². The van der Waals surface area contributed by atoms with Gasteiger partial charge in [-0.2, -0.15) is 0 Å². The number of amides is 1. The van der Waals surface area contributed by atoms with Crippen LogP contribution in [-0.2, 0) is 25.6 Å². The molecule has 3 rings (SSSR count). The van der Waals surface area contributed by atoms with E-state index in [2.05, 4.69) is 19.8 Å². The first-order valence-corrected chi connectivity index (χ1v) is 8.02. The standard InChI is InChI=1S/C18H17N3O6/c1-26-13(22)7-19-17(24)15-16-11(10-5-3-4-6-12(10)20-16)8-21(18(15)25)9-14(23)27-2/h3-6,8,20H,7,9H2,1-2H3,(H,19,24). The van der Waals surface area contributed by atoms with Gasteiger partial charge in [0.05, 0.1) is 19.7 Å². The van der Waals surface area contributed by atoms with E-state index in [9.17, 15) is 19.2 Å². The number of methoxy groups -OCH3 is 2. The fourth-order valence-corrected chi connectivity index (χ4v) is 2.80. The van der Waals surface area contributed by atoms with Crippen LogP contribution in [0.3, 0.4) is 0 Å². The Bertz CT molecular complexity index is 1110. The van der Waals surface area contributed by atoms with Gasteiger partial charge in [-0.25, -0.2) is 0 Å². The van der Waals surface area contributed by atoms with Gasteiger partial charge in [-0.15, -0.1) is 0 Å². The van der Waals surface area contributed by atoms with Gasteiger partial charge in [0.25, 0.3) is 11.5 Å². The first-order valence-electron chi connectivity index (χ1n) is 8.02. The van der Waals surface area contributed by atoms with Crippen LogP contribution in [-0.4, -0.2) is 48.2 Å². The number of nitrogens with zero attached hydrogens (tertiary/aromatic N) is 1. The number of benzene rings is 1. The van der Waals surface area contributed by atoms with E-state index < -0.39 is 23.4 Å². The van der Waals surface area contributed by atoms with Crippen LogP contribution < -0.4 is 10.9 Å². The van der Waals surface area contributed by atoms with Gasteiger partial charge in [0.15, 0.2) is 0 Å². The predicted octanol–water partition coefficient (Wildman–Crippen LogP) is 0.559. The number of carbonyl (C=O) groups is 3. The number of hydrogen-bond acceptors (Lipinski definition) is 6. The summed E-state index contributed by atoms with van der Waals surface area (Å²) in [5.41, 5.74) is 0.174. The summed E-state index contributed by atoms with van der Waals surface area (Å²) in [6.07, 6.45) is 1.50. The molecular formula is C18H17N3O6. The van der Waals surface area contributed by atoms with Crippen molar-refractivity contribution in [2.45, 2.75) is 6.54 Å². The minimum absolute atomic E-state index is 0.198. The number of H-pyrrole nitrogens is 1. The first kappa shape index (κ1) is 18.2. The van der Waals surface area contributed by atoms with Crippen molar-refractivity contribution in [2.75, 3.05) is 20.8 Å². The Labute approximate surface area is 152 Å². The second-order valence-corrected chi connectivity index (χ2v) is 5.73. The van der Waals surface area contributed by atoms with Crippen LogP contribution in [0.15, 0.2) is 35.3 Å². The number of para-hydroxylation sites is 1. The Balaban J connectivity index is 2.20. The normalized spacial score (nSPS) is 10.7. The highest BCUT2D eigenvalue weighted by atomic mass is 16.5. The van der Waals surface area contributed by atoms with Crippen molar-refractivity contribution >= 4 is 39.7 Å². The molecule has 0 spiro atoms. The third-order valence-corrected chi connectivity index (χ3v) is 4.13. The topological polar surface area (TPSA) is 119 Å². The molecule has 0 aliphatic rings. The summed E-state index contributed by atoms with van der Waals surface area (Å²) >= 11 is 0. The van der Waals surface area contributed by atoms with Crippen molar-refractivity contribution in [3.63, 3.8) is 0 Å². The minimum atomic E-state index is -0.749. The monoisotopic (exact) mass is 371 g/mol. The SMILES string of the molecule is COC(=O)CNC(=O)c1c(=O)n(CC(=O)OC)cc2c1[nH]c1ccccc12. The van der Waals surface area contributed by atoms with Crippen LogP contribution in [0.25, 0.3) is 21.8 Å². The van der Waals surface area contributed by atoms with Crippen molar-refractivity contribution in [1.82, 2.24) is 14.9 Å². The molecule has 0 aliphatic carbocycles. The molecule has 1 aromatic carbocycles. The van der Waals surface area contributed by atoms with Crippen molar-refractivity contribution in [3.8, 4) is 0 Å². The number of aromatic nitrogens is 2. The van der Waals surface area contributed by atoms with Crippen LogP contribution in [0.1, 0.15) is 10.4 Å². The molecule has 27 heavy (non-hydrogen) atoms. The third-order valence-electron chi connectivity index (χ3n) is 4.13. The summed E-state index contributed by atoms with van der Waals surface area (Å²) in [5.74, 6) is -2.03. The van der Waals surface area contributed by atoms with E-state index >= 15 is 0 Å². The van der Waals surface area contributed by atoms with Gasteiger partial charge in [0.2, 0.25) is 0 Å².